The van der Waals surface area contributed by atoms with Crippen molar-refractivity contribution in [1.82, 2.24) is 14.8 Å². The molecule has 102 valence electrons. The Bertz CT molecular complexity index is 574. The van der Waals surface area contributed by atoms with Crippen LogP contribution < -0.4 is 10.6 Å². The summed E-state index contributed by atoms with van der Waals surface area (Å²) in [6.45, 7) is 7.76. The van der Waals surface area contributed by atoms with Gasteiger partial charge in [0.1, 0.15) is 0 Å². The molecule has 0 unspecified atom stereocenters. The van der Waals surface area contributed by atoms with Crippen LogP contribution >= 0.6 is 11.6 Å². The van der Waals surface area contributed by atoms with Gasteiger partial charge in [-0.05, 0) is 38.5 Å². The van der Waals surface area contributed by atoms with Crippen molar-refractivity contribution in [3.8, 4) is 5.69 Å². The van der Waals surface area contributed by atoms with Gasteiger partial charge in [-0.25, -0.2) is 0 Å². The number of rotatable bonds is 4. The zero-order valence-corrected chi connectivity index (χ0v) is 12.1. The predicted molar refractivity (Wildman–Crippen MR) is 79.1 cm³/mol. The van der Waals surface area contributed by atoms with Gasteiger partial charge in [0.25, 0.3) is 0 Å². The zero-order chi connectivity index (χ0) is 14.0. The van der Waals surface area contributed by atoms with Crippen LogP contribution in [0.2, 0.25) is 5.02 Å². The van der Waals surface area contributed by atoms with E-state index < -0.39 is 0 Å². The number of nitrogens with two attached hydrogens (primary N) is 1. The largest absolute Gasteiger partial charge is 0.368 e. The molecule has 2 N–H and O–H groups in total. The summed E-state index contributed by atoms with van der Waals surface area (Å²) in [5.74, 6) is 1.00. The smallest absolute Gasteiger partial charge is 0.246 e. The van der Waals surface area contributed by atoms with Crippen LogP contribution in [0.5, 0.6) is 0 Å². The summed E-state index contributed by atoms with van der Waals surface area (Å²) in [6, 6.07) is 5.71. The van der Waals surface area contributed by atoms with Crippen molar-refractivity contribution in [3.05, 3.63) is 28.8 Å². The Morgan fingerprint density at radius 3 is 2.58 bits per heavy atom. The highest BCUT2D eigenvalue weighted by Gasteiger charge is 2.13. The Morgan fingerprint density at radius 1 is 1.32 bits per heavy atom. The lowest BCUT2D eigenvalue weighted by atomic mass is 10.2. The van der Waals surface area contributed by atoms with E-state index >= 15 is 0 Å². The predicted octanol–water partition coefficient (Wildman–Crippen LogP) is 2.66. The van der Waals surface area contributed by atoms with Crippen LogP contribution in [0, 0.1) is 6.92 Å². The molecule has 5 nitrogen and oxygen atoms in total. The third-order valence-electron chi connectivity index (χ3n) is 3.07. The monoisotopic (exact) mass is 279 g/mol. The maximum absolute atomic E-state index is 6.13. The van der Waals surface area contributed by atoms with Gasteiger partial charge in [-0.2, -0.15) is 9.67 Å². The Hall–Kier alpha value is -1.75. The lowest BCUT2D eigenvalue weighted by Gasteiger charge is -2.15. The second kappa shape index (κ2) is 5.48. The molecule has 2 rings (SSSR count). The van der Waals surface area contributed by atoms with Crippen LogP contribution in [-0.4, -0.2) is 27.9 Å². The number of nitrogens with zero attached hydrogens (tertiary/aromatic N) is 4. The van der Waals surface area contributed by atoms with E-state index in [4.69, 9.17) is 17.3 Å². The fourth-order valence-corrected chi connectivity index (χ4v) is 2.03. The highest BCUT2D eigenvalue weighted by Crippen LogP contribution is 2.22. The van der Waals surface area contributed by atoms with Crippen LogP contribution in [0.4, 0.5) is 11.9 Å². The van der Waals surface area contributed by atoms with Crippen molar-refractivity contribution in [2.24, 2.45) is 0 Å². The molecule has 0 saturated heterocycles. The average Bonchev–Trinajstić information content (AvgIpc) is 2.76. The summed E-state index contributed by atoms with van der Waals surface area (Å²) in [6.07, 6.45) is 0. The lowest BCUT2D eigenvalue weighted by molar-refractivity contribution is 0.802. The van der Waals surface area contributed by atoms with Gasteiger partial charge < -0.3 is 10.6 Å². The number of benzene rings is 1. The third kappa shape index (κ3) is 2.66. The van der Waals surface area contributed by atoms with Gasteiger partial charge >= 0.3 is 0 Å². The molecule has 0 saturated carbocycles. The molecule has 0 atom stereocenters. The summed E-state index contributed by atoms with van der Waals surface area (Å²) in [7, 11) is 0. The van der Waals surface area contributed by atoms with Crippen LogP contribution in [0.1, 0.15) is 19.4 Å². The Kier molecular flexibility index (Phi) is 3.95. The molecule has 0 aliphatic heterocycles. The normalized spacial score (nSPS) is 10.7. The van der Waals surface area contributed by atoms with Gasteiger partial charge in [0, 0.05) is 18.1 Å². The van der Waals surface area contributed by atoms with E-state index in [0.29, 0.717) is 16.9 Å². The molecule has 0 amide bonds. The van der Waals surface area contributed by atoms with Gasteiger partial charge in [0.2, 0.25) is 11.9 Å². The highest BCUT2D eigenvalue weighted by atomic mass is 35.5. The number of hydrogen-bond acceptors (Lipinski definition) is 4. The minimum absolute atomic E-state index is 0.363. The summed E-state index contributed by atoms with van der Waals surface area (Å²) in [5.41, 5.74) is 7.77. The number of aryl methyl sites for hydroxylation is 1. The van der Waals surface area contributed by atoms with E-state index in [9.17, 15) is 0 Å². The molecule has 0 radical (unpaired) electrons. The maximum atomic E-state index is 6.13. The second-order valence-electron chi connectivity index (χ2n) is 4.29. The Morgan fingerprint density at radius 2 is 2.00 bits per heavy atom. The third-order valence-corrected chi connectivity index (χ3v) is 3.47. The summed E-state index contributed by atoms with van der Waals surface area (Å²) < 4.78 is 1.61. The Labute approximate surface area is 118 Å². The fourth-order valence-electron chi connectivity index (χ4n) is 1.86. The van der Waals surface area contributed by atoms with E-state index in [1.807, 2.05) is 30.0 Å². The van der Waals surface area contributed by atoms with Crippen LogP contribution in [0.3, 0.4) is 0 Å². The van der Waals surface area contributed by atoms with E-state index in [2.05, 4.69) is 23.9 Å². The van der Waals surface area contributed by atoms with Crippen LogP contribution in [0.15, 0.2) is 18.2 Å². The molecular weight excluding hydrogens is 262 g/mol. The first-order valence-electron chi connectivity index (χ1n) is 6.30. The molecule has 0 aliphatic rings. The molecule has 0 fully saturated rings. The number of anilines is 2. The van der Waals surface area contributed by atoms with Gasteiger partial charge in [0.15, 0.2) is 0 Å². The van der Waals surface area contributed by atoms with Gasteiger partial charge in [-0.1, -0.05) is 17.7 Å². The number of aromatic nitrogens is 3. The SMILES string of the molecule is CCN(CC)c1nc(N)n(-c2ccc(C)c(Cl)c2)n1. The van der Waals surface area contributed by atoms with Crippen molar-refractivity contribution in [2.45, 2.75) is 20.8 Å². The van der Waals surface area contributed by atoms with Crippen molar-refractivity contribution in [1.29, 1.82) is 0 Å². The Balaban J connectivity index is 2.42. The number of halogens is 1. The van der Waals surface area contributed by atoms with Crippen molar-refractivity contribution in [2.75, 3.05) is 23.7 Å². The quantitative estimate of drug-likeness (QED) is 0.935. The van der Waals surface area contributed by atoms with Gasteiger partial charge in [0.05, 0.1) is 5.69 Å². The van der Waals surface area contributed by atoms with E-state index in [1.54, 1.807) is 4.68 Å². The summed E-state index contributed by atoms with van der Waals surface area (Å²) >= 11 is 6.13. The average molecular weight is 280 g/mol. The molecule has 0 aliphatic carbocycles. The number of nitrogen functional groups attached to an aromatic ring is 1. The fraction of sp³-hybridized carbons (Fsp3) is 0.385. The summed E-state index contributed by atoms with van der Waals surface area (Å²) in [4.78, 5) is 6.34. The molecule has 0 spiro atoms. The first kappa shape index (κ1) is 13.7. The van der Waals surface area contributed by atoms with Gasteiger partial charge in [-0.15, -0.1) is 5.10 Å². The first-order chi connectivity index (χ1) is 9.06. The second-order valence-corrected chi connectivity index (χ2v) is 4.69. The minimum Gasteiger partial charge on any atom is -0.368 e. The maximum Gasteiger partial charge on any atom is 0.246 e. The van der Waals surface area contributed by atoms with E-state index in [1.165, 1.54) is 0 Å². The standard InChI is InChI=1S/C13H18ClN5/c1-4-18(5-2)13-16-12(15)19(17-13)10-7-6-9(3)11(14)8-10/h6-8H,4-5H2,1-3H3,(H2,15,16,17). The topological polar surface area (TPSA) is 60.0 Å². The molecule has 6 heteroatoms. The molecular formula is C13H18ClN5. The van der Waals surface area contributed by atoms with Crippen molar-refractivity contribution in [3.63, 3.8) is 0 Å². The molecule has 0 bridgehead atoms. The van der Waals surface area contributed by atoms with E-state index in [0.717, 1.165) is 24.3 Å². The molecule has 1 heterocycles. The van der Waals surface area contributed by atoms with Crippen molar-refractivity contribution >= 4 is 23.5 Å². The van der Waals surface area contributed by atoms with Crippen LogP contribution in [0.25, 0.3) is 5.69 Å². The molecule has 1 aromatic heterocycles. The lowest BCUT2D eigenvalue weighted by Crippen LogP contribution is -2.23. The number of hydrogen-bond donors (Lipinski definition) is 1. The van der Waals surface area contributed by atoms with E-state index in [-0.39, 0.29) is 0 Å². The molecule has 19 heavy (non-hydrogen) atoms. The molecule has 1 aromatic carbocycles. The zero-order valence-electron chi connectivity index (χ0n) is 11.4. The summed E-state index contributed by atoms with van der Waals surface area (Å²) in [5, 5.41) is 5.13. The minimum atomic E-state index is 0.363. The first-order valence-corrected chi connectivity index (χ1v) is 6.68. The van der Waals surface area contributed by atoms with Gasteiger partial charge in [-0.3, -0.25) is 0 Å². The molecule has 2 aromatic rings. The van der Waals surface area contributed by atoms with Crippen LogP contribution in [-0.2, 0) is 0 Å². The highest BCUT2D eigenvalue weighted by molar-refractivity contribution is 6.31. The van der Waals surface area contributed by atoms with Crippen molar-refractivity contribution < 1.29 is 0 Å².